The highest BCUT2D eigenvalue weighted by Crippen LogP contribution is 2.38. The van der Waals surface area contributed by atoms with E-state index in [1.807, 2.05) is 0 Å². The Bertz CT molecular complexity index is 666. The molecule has 0 bridgehead atoms. The third-order valence-electron chi connectivity index (χ3n) is 4.53. The number of aryl methyl sites for hydroxylation is 2. The molecule has 3 N–H and O–H groups in total. The Kier molecular flexibility index (Phi) is 2.70. The van der Waals surface area contributed by atoms with Gasteiger partial charge in [-0.3, -0.25) is 0 Å². The van der Waals surface area contributed by atoms with Crippen molar-refractivity contribution >= 4 is 5.82 Å². The van der Waals surface area contributed by atoms with Gasteiger partial charge in [-0.1, -0.05) is 24.3 Å². The summed E-state index contributed by atoms with van der Waals surface area (Å²) in [6.07, 6.45) is 5.46. The highest BCUT2D eigenvalue weighted by Gasteiger charge is 2.28. The van der Waals surface area contributed by atoms with Gasteiger partial charge >= 0.3 is 0 Å². The molecule has 4 nitrogen and oxygen atoms in total. The Morgan fingerprint density at radius 2 is 2.00 bits per heavy atom. The normalized spacial score (nSPS) is 19.8. The van der Waals surface area contributed by atoms with Crippen molar-refractivity contribution in [1.82, 2.24) is 9.97 Å². The van der Waals surface area contributed by atoms with E-state index >= 15 is 0 Å². The number of hydrogen-bond acceptors (Lipinski definition) is 4. The second kappa shape index (κ2) is 4.56. The maximum atomic E-state index is 5.64. The van der Waals surface area contributed by atoms with E-state index in [1.54, 1.807) is 0 Å². The summed E-state index contributed by atoms with van der Waals surface area (Å²) in [6, 6.07) is 8.63. The van der Waals surface area contributed by atoms with Gasteiger partial charge in [-0.05, 0) is 43.2 Å². The number of nitrogens with one attached hydrogen (secondary N) is 1. The van der Waals surface area contributed by atoms with Crippen molar-refractivity contribution in [3.8, 4) is 0 Å². The van der Waals surface area contributed by atoms with Gasteiger partial charge < -0.3 is 5.43 Å². The van der Waals surface area contributed by atoms with Crippen LogP contribution in [0, 0.1) is 0 Å². The Morgan fingerprint density at radius 3 is 2.90 bits per heavy atom. The van der Waals surface area contributed by atoms with Crippen LogP contribution in [0.4, 0.5) is 5.82 Å². The molecule has 0 saturated carbocycles. The lowest BCUT2D eigenvalue weighted by atomic mass is 10.0. The molecule has 0 saturated heterocycles. The molecule has 4 heteroatoms. The van der Waals surface area contributed by atoms with Gasteiger partial charge in [-0.25, -0.2) is 15.8 Å². The average Bonchev–Trinajstić information content (AvgIpc) is 3.12. The average molecular weight is 266 g/mol. The molecule has 0 amide bonds. The number of anilines is 1. The van der Waals surface area contributed by atoms with Crippen molar-refractivity contribution in [1.29, 1.82) is 0 Å². The first kappa shape index (κ1) is 11.9. The molecule has 1 atom stereocenters. The van der Waals surface area contributed by atoms with Gasteiger partial charge in [0.1, 0.15) is 11.6 Å². The van der Waals surface area contributed by atoms with Crippen molar-refractivity contribution in [2.45, 2.75) is 38.0 Å². The molecule has 2 aromatic rings. The Labute approximate surface area is 118 Å². The van der Waals surface area contributed by atoms with E-state index in [0.717, 1.165) is 43.7 Å². The second-order valence-corrected chi connectivity index (χ2v) is 5.64. The summed E-state index contributed by atoms with van der Waals surface area (Å²) in [5, 5.41) is 0. The minimum absolute atomic E-state index is 0.323. The molecule has 0 aliphatic heterocycles. The van der Waals surface area contributed by atoms with E-state index in [9.17, 15) is 0 Å². The predicted molar refractivity (Wildman–Crippen MR) is 78.5 cm³/mol. The molecule has 20 heavy (non-hydrogen) atoms. The Morgan fingerprint density at radius 1 is 1.10 bits per heavy atom. The van der Waals surface area contributed by atoms with Crippen molar-refractivity contribution in [2.24, 2.45) is 5.84 Å². The molecule has 102 valence electrons. The van der Waals surface area contributed by atoms with Crippen molar-refractivity contribution in [2.75, 3.05) is 5.43 Å². The minimum Gasteiger partial charge on any atom is -0.308 e. The number of rotatable bonds is 2. The SMILES string of the molecule is NNc1nc(C2CCc3ccccc32)nc2c1CCC2. The summed E-state index contributed by atoms with van der Waals surface area (Å²) in [7, 11) is 0. The summed E-state index contributed by atoms with van der Waals surface area (Å²) >= 11 is 0. The van der Waals surface area contributed by atoms with Crippen LogP contribution in [-0.4, -0.2) is 9.97 Å². The van der Waals surface area contributed by atoms with Gasteiger partial charge in [0.25, 0.3) is 0 Å². The van der Waals surface area contributed by atoms with Gasteiger partial charge in [0.15, 0.2) is 0 Å². The fraction of sp³-hybridized carbons (Fsp3) is 0.375. The van der Waals surface area contributed by atoms with Gasteiger partial charge in [-0.2, -0.15) is 0 Å². The third kappa shape index (κ3) is 1.72. The molecule has 1 aromatic carbocycles. The number of aromatic nitrogens is 2. The minimum atomic E-state index is 0.323. The molecule has 0 spiro atoms. The predicted octanol–water partition coefficient (Wildman–Crippen LogP) is 2.33. The molecule has 0 fully saturated rings. The van der Waals surface area contributed by atoms with Crippen LogP contribution in [0.5, 0.6) is 0 Å². The number of nitrogens with zero attached hydrogens (tertiary/aromatic N) is 2. The maximum absolute atomic E-state index is 5.64. The second-order valence-electron chi connectivity index (χ2n) is 5.64. The molecule has 2 aliphatic carbocycles. The number of fused-ring (bicyclic) bond motifs is 2. The maximum Gasteiger partial charge on any atom is 0.147 e. The molecule has 4 rings (SSSR count). The third-order valence-corrected chi connectivity index (χ3v) is 4.53. The first-order valence-electron chi connectivity index (χ1n) is 7.31. The van der Waals surface area contributed by atoms with Crippen LogP contribution in [-0.2, 0) is 19.3 Å². The fourth-order valence-corrected chi connectivity index (χ4v) is 3.55. The number of benzene rings is 1. The van der Waals surface area contributed by atoms with Crippen LogP contribution in [0.3, 0.4) is 0 Å². The fourth-order valence-electron chi connectivity index (χ4n) is 3.55. The molecule has 2 aliphatic rings. The van der Waals surface area contributed by atoms with E-state index in [-0.39, 0.29) is 0 Å². The van der Waals surface area contributed by atoms with Crippen LogP contribution in [0.1, 0.15) is 47.0 Å². The molecule has 1 aromatic heterocycles. The number of hydrazine groups is 1. The van der Waals surface area contributed by atoms with Gasteiger partial charge in [0, 0.05) is 17.2 Å². The summed E-state index contributed by atoms with van der Waals surface area (Å²) in [5.41, 5.74) is 7.98. The van der Waals surface area contributed by atoms with Crippen molar-refractivity contribution in [3.63, 3.8) is 0 Å². The zero-order valence-corrected chi connectivity index (χ0v) is 11.4. The van der Waals surface area contributed by atoms with Crippen molar-refractivity contribution < 1.29 is 0 Å². The van der Waals surface area contributed by atoms with Crippen LogP contribution in [0.25, 0.3) is 0 Å². The van der Waals surface area contributed by atoms with Gasteiger partial charge in [0.05, 0.1) is 0 Å². The number of hydrogen-bond donors (Lipinski definition) is 2. The highest BCUT2D eigenvalue weighted by atomic mass is 15.3. The Balaban J connectivity index is 1.81. The van der Waals surface area contributed by atoms with E-state index < -0.39 is 0 Å². The first-order chi connectivity index (χ1) is 9.86. The zero-order chi connectivity index (χ0) is 13.5. The Hall–Kier alpha value is -1.94. The lowest BCUT2D eigenvalue weighted by molar-refractivity contribution is 0.721. The molecule has 0 radical (unpaired) electrons. The number of nitrogens with two attached hydrogens (primary N) is 1. The van der Waals surface area contributed by atoms with Gasteiger partial charge in [-0.15, -0.1) is 0 Å². The van der Waals surface area contributed by atoms with E-state index in [0.29, 0.717) is 5.92 Å². The van der Waals surface area contributed by atoms with E-state index in [1.165, 1.54) is 22.4 Å². The zero-order valence-electron chi connectivity index (χ0n) is 11.4. The smallest absolute Gasteiger partial charge is 0.147 e. The van der Waals surface area contributed by atoms with E-state index in [4.69, 9.17) is 15.8 Å². The number of nitrogen functional groups attached to an aromatic ring is 1. The highest BCUT2D eigenvalue weighted by molar-refractivity contribution is 5.49. The lowest BCUT2D eigenvalue weighted by Crippen LogP contribution is -2.15. The lowest BCUT2D eigenvalue weighted by Gasteiger charge is -2.14. The molecular weight excluding hydrogens is 248 g/mol. The summed E-state index contributed by atoms with van der Waals surface area (Å²) in [5.74, 6) is 7.73. The van der Waals surface area contributed by atoms with Crippen molar-refractivity contribution in [3.05, 3.63) is 52.5 Å². The van der Waals surface area contributed by atoms with Crippen LogP contribution in [0.2, 0.25) is 0 Å². The largest absolute Gasteiger partial charge is 0.308 e. The molecular formula is C16H18N4. The summed E-state index contributed by atoms with van der Waals surface area (Å²) in [6.45, 7) is 0. The van der Waals surface area contributed by atoms with Crippen LogP contribution < -0.4 is 11.3 Å². The topological polar surface area (TPSA) is 63.8 Å². The van der Waals surface area contributed by atoms with Crippen LogP contribution >= 0.6 is 0 Å². The standard InChI is InChI=1S/C16H18N4/c17-20-16-13-6-3-7-14(13)18-15(19-16)12-9-8-10-4-1-2-5-11(10)12/h1-2,4-5,12H,3,6-9,17H2,(H,18,19,20). The van der Waals surface area contributed by atoms with Gasteiger partial charge in [0.2, 0.25) is 0 Å². The summed E-state index contributed by atoms with van der Waals surface area (Å²) < 4.78 is 0. The molecule has 1 heterocycles. The van der Waals surface area contributed by atoms with Crippen LogP contribution in [0.15, 0.2) is 24.3 Å². The summed E-state index contributed by atoms with van der Waals surface area (Å²) in [4.78, 5) is 9.53. The molecule has 1 unspecified atom stereocenters. The quantitative estimate of drug-likeness (QED) is 0.647. The monoisotopic (exact) mass is 266 g/mol. The van der Waals surface area contributed by atoms with E-state index in [2.05, 4.69) is 29.7 Å². The first-order valence-corrected chi connectivity index (χ1v) is 7.31.